The molecule has 2 heterocycles. The summed E-state index contributed by atoms with van der Waals surface area (Å²) in [5.74, 6) is 0.751. The molecule has 0 amide bonds. The number of unbranched alkanes of at least 4 members (excludes halogenated alkanes) is 6. The molecule has 1 aromatic carbocycles. The predicted molar refractivity (Wildman–Crippen MR) is 115 cm³/mol. The third kappa shape index (κ3) is 6.28. The third-order valence-corrected chi connectivity index (χ3v) is 6.42. The number of allylic oxidation sites excluding steroid dienone is 1. The van der Waals surface area contributed by atoms with E-state index < -0.39 is 0 Å². The minimum atomic E-state index is 0.249. The first-order valence-electron chi connectivity index (χ1n) is 11.3. The fourth-order valence-corrected chi connectivity index (χ4v) is 4.80. The first-order valence-corrected chi connectivity index (χ1v) is 11.3. The molecule has 2 bridgehead atoms. The van der Waals surface area contributed by atoms with Crippen molar-refractivity contribution in [3.8, 4) is 0 Å². The lowest BCUT2D eigenvalue weighted by Gasteiger charge is -2.48. The summed E-state index contributed by atoms with van der Waals surface area (Å²) in [7, 11) is 0. The second-order valence-corrected chi connectivity index (χ2v) is 8.59. The van der Waals surface area contributed by atoms with Crippen LogP contribution in [0, 0.1) is 5.92 Å². The number of benzene rings is 1. The van der Waals surface area contributed by atoms with Crippen LogP contribution in [0.1, 0.15) is 69.8 Å². The molecule has 0 radical (unpaired) electrons. The van der Waals surface area contributed by atoms with Crippen LogP contribution < -0.4 is 0 Å². The predicted octanol–water partition coefficient (Wildman–Crippen LogP) is 5.54. The van der Waals surface area contributed by atoms with Crippen molar-refractivity contribution in [2.24, 2.45) is 5.92 Å². The molecule has 0 saturated carbocycles. The van der Waals surface area contributed by atoms with Crippen LogP contribution in [0.4, 0.5) is 0 Å². The van der Waals surface area contributed by atoms with Gasteiger partial charge in [0.2, 0.25) is 0 Å². The van der Waals surface area contributed by atoms with E-state index in [1.807, 2.05) is 6.08 Å². The van der Waals surface area contributed by atoms with Crippen molar-refractivity contribution >= 4 is 5.78 Å². The van der Waals surface area contributed by atoms with E-state index in [2.05, 4.69) is 41.8 Å². The van der Waals surface area contributed by atoms with Gasteiger partial charge in [0.05, 0.1) is 13.2 Å². The van der Waals surface area contributed by atoms with Crippen LogP contribution in [-0.2, 0) is 16.1 Å². The van der Waals surface area contributed by atoms with Crippen LogP contribution in [0.5, 0.6) is 0 Å². The van der Waals surface area contributed by atoms with E-state index in [4.69, 9.17) is 4.74 Å². The van der Waals surface area contributed by atoms with Gasteiger partial charge in [-0.2, -0.15) is 0 Å². The maximum Gasteiger partial charge on any atom is 0.136 e. The van der Waals surface area contributed by atoms with Gasteiger partial charge in [0.15, 0.2) is 0 Å². The fraction of sp³-hybridized carbons (Fsp3) is 0.640. The molecule has 2 fully saturated rings. The van der Waals surface area contributed by atoms with E-state index in [1.165, 1.54) is 37.7 Å². The van der Waals surface area contributed by atoms with Gasteiger partial charge in [0, 0.05) is 31.0 Å². The standard InChI is InChI=1S/C25H37NO2/c1-2-3-4-5-6-7-8-12-15-25(27)22-16-23-19-28-20-24(17-22)26(23)18-21-13-10-9-11-14-21/h2,9-11,13-14,22-24H,1,3-8,12,15-20H2. The SMILES string of the molecule is C=CCCCCCCCCC(=O)C1CC2COCC(C1)N2Cc1ccccc1. The quantitative estimate of drug-likeness (QED) is 0.350. The summed E-state index contributed by atoms with van der Waals surface area (Å²) in [5.41, 5.74) is 1.36. The number of morpholine rings is 1. The van der Waals surface area contributed by atoms with E-state index in [0.29, 0.717) is 17.9 Å². The van der Waals surface area contributed by atoms with Gasteiger partial charge < -0.3 is 4.74 Å². The van der Waals surface area contributed by atoms with Crippen LogP contribution in [0.2, 0.25) is 0 Å². The Morgan fingerprint density at radius 1 is 1.00 bits per heavy atom. The molecule has 0 spiro atoms. The average molecular weight is 384 g/mol. The maximum atomic E-state index is 12.8. The van der Waals surface area contributed by atoms with Crippen molar-refractivity contribution in [3.05, 3.63) is 48.6 Å². The van der Waals surface area contributed by atoms with Gasteiger partial charge >= 0.3 is 0 Å². The van der Waals surface area contributed by atoms with E-state index in [-0.39, 0.29) is 5.92 Å². The third-order valence-electron chi connectivity index (χ3n) is 6.42. The Bertz CT molecular complexity index is 586. The number of rotatable bonds is 12. The van der Waals surface area contributed by atoms with Crippen LogP contribution in [0.25, 0.3) is 0 Å². The van der Waals surface area contributed by atoms with Crippen molar-refractivity contribution in [2.75, 3.05) is 13.2 Å². The molecule has 2 unspecified atom stereocenters. The molecule has 2 aliphatic heterocycles. The van der Waals surface area contributed by atoms with E-state index >= 15 is 0 Å². The topological polar surface area (TPSA) is 29.5 Å². The van der Waals surface area contributed by atoms with Crippen molar-refractivity contribution in [3.63, 3.8) is 0 Å². The number of hydrogen-bond acceptors (Lipinski definition) is 3. The van der Waals surface area contributed by atoms with Crippen molar-refractivity contribution in [1.29, 1.82) is 0 Å². The molecule has 2 aliphatic rings. The Balaban J connectivity index is 1.39. The van der Waals surface area contributed by atoms with Gasteiger partial charge in [-0.3, -0.25) is 9.69 Å². The molecule has 3 rings (SSSR count). The Morgan fingerprint density at radius 3 is 2.32 bits per heavy atom. The van der Waals surface area contributed by atoms with Gasteiger partial charge in [-0.1, -0.05) is 62.1 Å². The first kappa shape index (κ1) is 21.3. The number of fused-ring (bicyclic) bond motifs is 2. The van der Waals surface area contributed by atoms with Gasteiger partial charge in [-0.05, 0) is 37.7 Å². The Labute approximate surface area is 171 Å². The number of carbonyl (C=O) groups excluding carboxylic acids is 1. The molecular formula is C25H37NO2. The van der Waals surface area contributed by atoms with Crippen LogP contribution in [-0.4, -0.2) is 36.0 Å². The van der Waals surface area contributed by atoms with Gasteiger partial charge in [0.1, 0.15) is 5.78 Å². The second-order valence-electron chi connectivity index (χ2n) is 8.59. The summed E-state index contributed by atoms with van der Waals surface area (Å²) >= 11 is 0. The van der Waals surface area contributed by atoms with Crippen LogP contribution in [0.15, 0.2) is 43.0 Å². The molecule has 1 aromatic rings. The molecule has 3 heteroatoms. The minimum Gasteiger partial charge on any atom is -0.378 e. The van der Waals surface area contributed by atoms with Gasteiger partial charge in [0.25, 0.3) is 0 Å². The summed E-state index contributed by atoms with van der Waals surface area (Å²) in [6.45, 7) is 6.30. The number of Topliss-reactive ketones (excluding diaryl/α,β-unsaturated/α-hetero) is 1. The highest BCUT2D eigenvalue weighted by atomic mass is 16.5. The van der Waals surface area contributed by atoms with Crippen LogP contribution >= 0.6 is 0 Å². The zero-order chi connectivity index (χ0) is 19.6. The molecule has 0 aromatic heterocycles. The summed E-state index contributed by atoms with van der Waals surface area (Å²) < 4.78 is 5.83. The van der Waals surface area contributed by atoms with Crippen LogP contribution in [0.3, 0.4) is 0 Å². The number of ether oxygens (including phenoxy) is 1. The number of nitrogens with zero attached hydrogens (tertiary/aromatic N) is 1. The summed E-state index contributed by atoms with van der Waals surface area (Å²) in [4.78, 5) is 15.4. The largest absolute Gasteiger partial charge is 0.378 e. The summed E-state index contributed by atoms with van der Waals surface area (Å²) in [5, 5.41) is 0. The number of carbonyl (C=O) groups is 1. The molecule has 28 heavy (non-hydrogen) atoms. The van der Waals surface area contributed by atoms with Gasteiger partial charge in [-0.15, -0.1) is 6.58 Å². The highest BCUT2D eigenvalue weighted by Crippen LogP contribution is 2.34. The summed E-state index contributed by atoms with van der Waals surface area (Å²) in [6.07, 6.45) is 13.2. The monoisotopic (exact) mass is 383 g/mol. The molecular weight excluding hydrogens is 346 g/mol. The lowest BCUT2D eigenvalue weighted by atomic mass is 9.81. The van der Waals surface area contributed by atoms with Crippen molar-refractivity contribution in [2.45, 2.75) is 82.8 Å². The zero-order valence-corrected chi connectivity index (χ0v) is 17.4. The lowest BCUT2D eigenvalue weighted by Crippen LogP contribution is -2.57. The normalized spacial score (nSPS) is 24.8. The molecule has 2 saturated heterocycles. The zero-order valence-electron chi connectivity index (χ0n) is 17.4. The molecule has 154 valence electrons. The smallest absolute Gasteiger partial charge is 0.136 e. The first-order chi connectivity index (χ1) is 13.8. The number of ketones is 1. The highest BCUT2D eigenvalue weighted by Gasteiger charge is 2.40. The highest BCUT2D eigenvalue weighted by molar-refractivity contribution is 5.81. The fourth-order valence-electron chi connectivity index (χ4n) is 4.80. The van der Waals surface area contributed by atoms with Crippen molar-refractivity contribution < 1.29 is 9.53 Å². The number of piperidine rings is 1. The van der Waals surface area contributed by atoms with Crippen molar-refractivity contribution in [1.82, 2.24) is 4.90 Å². The Kier molecular flexibility index (Phi) is 8.75. The Hall–Kier alpha value is -1.45. The average Bonchev–Trinajstić information content (AvgIpc) is 2.70. The molecule has 0 N–H and O–H groups in total. The molecule has 0 aliphatic carbocycles. The van der Waals surface area contributed by atoms with E-state index in [1.54, 1.807) is 0 Å². The van der Waals surface area contributed by atoms with E-state index in [0.717, 1.165) is 51.9 Å². The molecule has 2 atom stereocenters. The second kappa shape index (κ2) is 11.5. The van der Waals surface area contributed by atoms with E-state index in [9.17, 15) is 4.79 Å². The maximum absolute atomic E-state index is 12.8. The lowest BCUT2D eigenvalue weighted by molar-refractivity contribution is -0.133. The minimum absolute atomic E-state index is 0.249. The number of hydrogen-bond donors (Lipinski definition) is 0. The molecule has 3 nitrogen and oxygen atoms in total. The summed E-state index contributed by atoms with van der Waals surface area (Å²) in [6, 6.07) is 11.5. The van der Waals surface area contributed by atoms with Gasteiger partial charge in [-0.25, -0.2) is 0 Å². The Morgan fingerprint density at radius 2 is 1.64 bits per heavy atom.